The number of morpholine rings is 1. The van der Waals surface area contributed by atoms with E-state index in [4.69, 9.17) is 9.47 Å². The molecule has 0 radical (unpaired) electrons. The van der Waals surface area contributed by atoms with Crippen molar-refractivity contribution in [2.24, 2.45) is 0 Å². The smallest absolute Gasteiger partial charge is 0.224 e. The molecule has 164 valence electrons. The fourth-order valence-electron chi connectivity index (χ4n) is 3.61. The van der Waals surface area contributed by atoms with E-state index in [0.29, 0.717) is 44.4 Å². The van der Waals surface area contributed by atoms with Crippen LogP contribution in [0.5, 0.6) is 5.88 Å². The zero-order chi connectivity index (χ0) is 21.8. The Bertz CT molecular complexity index is 1190. The number of benzene rings is 2. The van der Waals surface area contributed by atoms with Gasteiger partial charge < -0.3 is 14.4 Å². The summed E-state index contributed by atoms with van der Waals surface area (Å²) in [6, 6.07) is 15.8. The van der Waals surface area contributed by atoms with Gasteiger partial charge in [0.15, 0.2) is 4.34 Å². The van der Waals surface area contributed by atoms with Gasteiger partial charge in [0.05, 0.1) is 34.3 Å². The Hall–Kier alpha value is -2.75. The van der Waals surface area contributed by atoms with E-state index in [0.717, 1.165) is 20.8 Å². The summed E-state index contributed by atoms with van der Waals surface area (Å²) in [4.78, 5) is 27.7. The van der Waals surface area contributed by atoms with Crippen molar-refractivity contribution in [1.82, 2.24) is 19.9 Å². The number of aromatic nitrogens is 3. The largest absolute Gasteiger partial charge is 0.474 e. The lowest BCUT2D eigenvalue weighted by Crippen LogP contribution is -2.47. The van der Waals surface area contributed by atoms with E-state index in [2.05, 4.69) is 21.0 Å². The van der Waals surface area contributed by atoms with Crippen molar-refractivity contribution in [3.05, 3.63) is 54.9 Å². The van der Waals surface area contributed by atoms with Crippen LogP contribution in [0.1, 0.15) is 6.42 Å². The molecular weight excluding hydrogens is 444 g/mol. The summed E-state index contributed by atoms with van der Waals surface area (Å²) in [7, 11) is 0. The van der Waals surface area contributed by atoms with Gasteiger partial charge in [-0.05, 0) is 24.3 Å². The van der Waals surface area contributed by atoms with E-state index in [9.17, 15) is 4.79 Å². The number of fused-ring (bicyclic) bond motifs is 2. The molecule has 1 aliphatic rings. The molecule has 4 aromatic rings. The van der Waals surface area contributed by atoms with Crippen LogP contribution in [-0.4, -0.2) is 63.9 Å². The molecule has 0 aliphatic carbocycles. The maximum Gasteiger partial charge on any atom is 0.224 e. The second-order valence-electron chi connectivity index (χ2n) is 7.39. The van der Waals surface area contributed by atoms with Crippen molar-refractivity contribution in [3.63, 3.8) is 0 Å². The number of hydrogen-bond acceptors (Lipinski definition) is 8. The highest BCUT2D eigenvalue weighted by Crippen LogP contribution is 2.29. The number of para-hydroxylation sites is 2. The number of rotatable bonds is 7. The molecule has 0 saturated carbocycles. The predicted octanol–water partition coefficient (Wildman–Crippen LogP) is 4.03. The van der Waals surface area contributed by atoms with Gasteiger partial charge in [-0.25, -0.2) is 15.0 Å². The van der Waals surface area contributed by atoms with Crippen LogP contribution >= 0.6 is 23.1 Å². The number of amides is 1. The average molecular weight is 467 g/mol. The summed E-state index contributed by atoms with van der Waals surface area (Å²) in [5.74, 6) is 1.39. The normalized spacial score (nSPS) is 16.5. The van der Waals surface area contributed by atoms with Crippen molar-refractivity contribution in [2.45, 2.75) is 16.9 Å². The zero-order valence-electron chi connectivity index (χ0n) is 17.3. The number of hydrogen-bond donors (Lipinski definition) is 0. The van der Waals surface area contributed by atoms with Crippen molar-refractivity contribution in [3.8, 4) is 5.88 Å². The number of thioether (sulfide) groups is 1. The first-order valence-electron chi connectivity index (χ1n) is 10.5. The van der Waals surface area contributed by atoms with Crippen LogP contribution < -0.4 is 4.74 Å². The first kappa shape index (κ1) is 21.1. The van der Waals surface area contributed by atoms with Gasteiger partial charge in [-0.2, -0.15) is 0 Å². The van der Waals surface area contributed by atoms with Gasteiger partial charge in [0.1, 0.15) is 19.0 Å². The quantitative estimate of drug-likeness (QED) is 0.381. The van der Waals surface area contributed by atoms with E-state index in [1.807, 2.05) is 47.4 Å². The summed E-state index contributed by atoms with van der Waals surface area (Å²) in [5, 5.41) is 0.866. The maximum atomic E-state index is 12.7. The van der Waals surface area contributed by atoms with Crippen molar-refractivity contribution >= 4 is 50.1 Å². The summed E-state index contributed by atoms with van der Waals surface area (Å²) < 4.78 is 13.9. The molecule has 0 bridgehead atoms. The highest BCUT2D eigenvalue weighted by molar-refractivity contribution is 8.01. The number of carbonyl (C=O) groups excluding carboxylic acids is 1. The standard InChI is InChI=1S/C23H22N4O3S2/c28-21(9-12-31-23-26-19-7-3-4-8-20(19)32-23)27-10-11-29-16(13-27)14-30-22-17-5-1-2-6-18(17)24-15-25-22/h1-8,15-16H,9-14H2. The lowest BCUT2D eigenvalue weighted by molar-refractivity contribution is -0.139. The second-order valence-corrected chi connectivity index (χ2v) is 9.76. The zero-order valence-corrected chi connectivity index (χ0v) is 19.0. The molecule has 0 N–H and O–H groups in total. The third-order valence-corrected chi connectivity index (χ3v) is 7.40. The molecule has 32 heavy (non-hydrogen) atoms. The van der Waals surface area contributed by atoms with E-state index in [1.54, 1.807) is 23.1 Å². The molecule has 1 fully saturated rings. The van der Waals surface area contributed by atoms with Crippen LogP contribution in [0.4, 0.5) is 0 Å². The Morgan fingerprint density at radius 3 is 2.91 bits per heavy atom. The highest BCUT2D eigenvalue weighted by atomic mass is 32.2. The molecule has 5 rings (SSSR count). The van der Waals surface area contributed by atoms with E-state index in [-0.39, 0.29) is 12.0 Å². The third kappa shape index (κ3) is 4.85. The molecular formula is C23H22N4O3S2. The van der Waals surface area contributed by atoms with Gasteiger partial charge in [-0.15, -0.1) is 11.3 Å². The molecule has 9 heteroatoms. The SMILES string of the molecule is O=C(CCSc1nc2ccccc2s1)N1CCOC(COc2ncnc3ccccc23)C1. The van der Waals surface area contributed by atoms with Crippen LogP contribution in [0.15, 0.2) is 59.2 Å². The Morgan fingerprint density at radius 2 is 2.00 bits per heavy atom. The monoisotopic (exact) mass is 466 g/mol. The van der Waals surface area contributed by atoms with Gasteiger partial charge in [0, 0.05) is 18.7 Å². The number of nitrogens with zero attached hydrogens (tertiary/aromatic N) is 4. The summed E-state index contributed by atoms with van der Waals surface area (Å²) >= 11 is 3.31. The lowest BCUT2D eigenvalue weighted by Gasteiger charge is -2.32. The molecule has 0 spiro atoms. The summed E-state index contributed by atoms with van der Waals surface area (Å²) in [6.07, 6.45) is 1.79. The van der Waals surface area contributed by atoms with Crippen LogP contribution in [-0.2, 0) is 9.53 Å². The van der Waals surface area contributed by atoms with Crippen molar-refractivity contribution < 1.29 is 14.3 Å². The molecule has 1 amide bonds. The van der Waals surface area contributed by atoms with Gasteiger partial charge in [-0.1, -0.05) is 36.0 Å². The van der Waals surface area contributed by atoms with Crippen LogP contribution in [0, 0.1) is 0 Å². The van der Waals surface area contributed by atoms with Crippen LogP contribution in [0.2, 0.25) is 0 Å². The van der Waals surface area contributed by atoms with Gasteiger partial charge in [0.25, 0.3) is 0 Å². The van der Waals surface area contributed by atoms with E-state index in [1.165, 1.54) is 11.0 Å². The van der Waals surface area contributed by atoms with E-state index >= 15 is 0 Å². The first-order valence-corrected chi connectivity index (χ1v) is 12.3. The van der Waals surface area contributed by atoms with Gasteiger partial charge in [0.2, 0.25) is 11.8 Å². The summed E-state index contributed by atoms with van der Waals surface area (Å²) in [6.45, 7) is 1.98. The Kier molecular flexibility index (Phi) is 6.47. The minimum Gasteiger partial charge on any atom is -0.474 e. The van der Waals surface area contributed by atoms with Crippen LogP contribution in [0.3, 0.4) is 0 Å². The average Bonchev–Trinajstić information content (AvgIpc) is 3.25. The van der Waals surface area contributed by atoms with Gasteiger partial charge >= 0.3 is 0 Å². The first-order chi connectivity index (χ1) is 15.8. The Balaban J connectivity index is 1.12. The fraction of sp³-hybridized carbons (Fsp3) is 0.304. The number of ether oxygens (including phenoxy) is 2. The highest BCUT2D eigenvalue weighted by Gasteiger charge is 2.25. The van der Waals surface area contributed by atoms with Gasteiger partial charge in [-0.3, -0.25) is 4.79 Å². The molecule has 1 saturated heterocycles. The van der Waals surface area contributed by atoms with Crippen molar-refractivity contribution in [2.75, 3.05) is 32.1 Å². The molecule has 3 heterocycles. The number of carbonyl (C=O) groups is 1. The maximum absolute atomic E-state index is 12.7. The lowest BCUT2D eigenvalue weighted by atomic mass is 10.2. The number of thiazole rings is 1. The topological polar surface area (TPSA) is 77.4 Å². The minimum absolute atomic E-state index is 0.138. The molecule has 1 unspecified atom stereocenters. The fourth-order valence-corrected chi connectivity index (χ4v) is 5.68. The van der Waals surface area contributed by atoms with Crippen molar-refractivity contribution in [1.29, 1.82) is 0 Å². The third-order valence-electron chi connectivity index (χ3n) is 5.22. The Morgan fingerprint density at radius 1 is 1.16 bits per heavy atom. The molecule has 1 aliphatic heterocycles. The summed E-state index contributed by atoms with van der Waals surface area (Å²) in [5.41, 5.74) is 1.85. The predicted molar refractivity (Wildman–Crippen MR) is 126 cm³/mol. The Labute approximate surface area is 193 Å². The second kappa shape index (κ2) is 9.81. The van der Waals surface area contributed by atoms with E-state index < -0.39 is 0 Å². The van der Waals surface area contributed by atoms with Crippen LogP contribution in [0.25, 0.3) is 21.1 Å². The molecule has 1 atom stereocenters. The molecule has 7 nitrogen and oxygen atoms in total. The minimum atomic E-state index is -0.182. The molecule has 2 aromatic heterocycles. The molecule has 2 aromatic carbocycles.